The standard InChI is InChI=1S/C17H23N3O4/c1-10(2)18-13-6-4-5-11(12(13)9-21)17(24)20(3)14-7-8-15(22)19-16(14)23/h5,9-10,14,18H,4,6-8H2,1-3H3,(H,19,22,23). The summed E-state index contributed by atoms with van der Waals surface area (Å²) in [6, 6.07) is -0.551. The normalized spacial score (nSPS) is 21.3. The van der Waals surface area contributed by atoms with Gasteiger partial charge in [0.1, 0.15) is 6.04 Å². The number of nitrogens with one attached hydrogen (secondary N) is 2. The highest BCUT2D eigenvalue weighted by Gasteiger charge is 2.34. The van der Waals surface area contributed by atoms with Crippen molar-refractivity contribution in [2.45, 2.75) is 51.6 Å². The summed E-state index contributed by atoms with van der Waals surface area (Å²) >= 11 is 0. The van der Waals surface area contributed by atoms with Gasteiger partial charge in [0, 0.05) is 36.4 Å². The predicted molar refractivity (Wildman–Crippen MR) is 87.6 cm³/mol. The highest BCUT2D eigenvalue weighted by molar-refractivity contribution is 6.08. The first-order valence-corrected chi connectivity index (χ1v) is 8.11. The SMILES string of the molecule is CC(C)NC1=C(C=O)C(C(=O)N(C)C2CCC(=O)NC2=O)=CCC1. The van der Waals surface area contributed by atoms with Gasteiger partial charge in [-0.1, -0.05) is 6.08 Å². The van der Waals surface area contributed by atoms with Crippen molar-refractivity contribution in [2.24, 2.45) is 0 Å². The Morgan fingerprint density at radius 2 is 2.08 bits per heavy atom. The van der Waals surface area contributed by atoms with Crippen LogP contribution in [0, 0.1) is 0 Å². The molecule has 24 heavy (non-hydrogen) atoms. The monoisotopic (exact) mass is 333 g/mol. The van der Waals surface area contributed by atoms with Gasteiger partial charge in [-0.05, 0) is 33.1 Å². The molecule has 3 amide bonds. The van der Waals surface area contributed by atoms with Gasteiger partial charge in [0.2, 0.25) is 11.8 Å². The lowest BCUT2D eigenvalue weighted by atomic mass is 9.93. The molecular weight excluding hydrogens is 310 g/mol. The maximum absolute atomic E-state index is 12.8. The van der Waals surface area contributed by atoms with Crippen LogP contribution in [0.2, 0.25) is 0 Å². The van der Waals surface area contributed by atoms with Crippen LogP contribution in [0.25, 0.3) is 0 Å². The molecule has 2 aliphatic rings. The first kappa shape index (κ1) is 17.9. The summed E-state index contributed by atoms with van der Waals surface area (Å²) < 4.78 is 0. The van der Waals surface area contributed by atoms with Crippen LogP contribution in [0.15, 0.2) is 22.9 Å². The van der Waals surface area contributed by atoms with Crippen molar-refractivity contribution in [1.82, 2.24) is 15.5 Å². The quantitative estimate of drug-likeness (QED) is 0.562. The van der Waals surface area contributed by atoms with E-state index in [9.17, 15) is 19.2 Å². The molecule has 0 spiro atoms. The van der Waals surface area contributed by atoms with E-state index in [4.69, 9.17) is 0 Å². The van der Waals surface area contributed by atoms with Gasteiger partial charge in [0.15, 0.2) is 6.29 Å². The molecule has 0 aromatic rings. The lowest BCUT2D eigenvalue weighted by molar-refractivity contribution is -0.142. The van der Waals surface area contributed by atoms with Crippen molar-refractivity contribution in [1.29, 1.82) is 0 Å². The first-order chi connectivity index (χ1) is 11.3. The van der Waals surface area contributed by atoms with Gasteiger partial charge in [0.05, 0.1) is 0 Å². The average Bonchev–Trinajstić information content (AvgIpc) is 2.52. The van der Waals surface area contributed by atoms with Crippen LogP contribution in [0.3, 0.4) is 0 Å². The van der Waals surface area contributed by atoms with Crippen LogP contribution in [0.5, 0.6) is 0 Å². The number of hydrogen-bond acceptors (Lipinski definition) is 5. The number of likely N-dealkylation sites (N-methyl/N-ethyl adjacent to an activating group) is 1. The minimum atomic E-state index is -0.701. The summed E-state index contributed by atoms with van der Waals surface area (Å²) in [7, 11) is 1.52. The molecule has 0 aromatic carbocycles. The summed E-state index contributed by atoms with van der Waals surface area (Å²) in [5.74, 6) is -1.18. The van der Waals surface area contributed by atoms with Crippen molar-refractivity contribution < 1.29 is 19.2 Å². The maximum Gasteiger partial charge on any atom is 0.254 e. The van der Waals surface area contributed by atoms with Gasteiger partial charge in [-0.3, -0.25) is 24.5 Å². The lowest BCUT2D eigenvalue weighted by Gasteiger charge is -2.31. The van der Waals surface area contributed by atoms with Gasteiger partial charge in [-0.2, -0.15) is 0 Å². The molecule has 7 nitrogen and oxygen atoms in total. The molecule has 1 saturated heterocycles. The van der Waals surface area contributed by atoms with E-state index in [0.717, 1.165) is 5.70 Å². The van der Waals surface area contributed by atoms with Crippen LogP contribution in [-0.2, 0) is 19.2 Å². The zero-order valence-electron chi connectivity index (χ0n) is 14.2. The Hall–Kier alpha value is -2.44. The number of amides is 3. The molecular formula is C17H23N3O4. The molecule has 1 unspecified atom stereocenters. The molecule has 1 heterocycles. The Bertz CT molecular complexity index is 634. The van der Waals surface area contributed by atoms with Crippen LogP contribution >= 0.6 is 0 Å². The third-order valence-corrected chi connectivity index (χ3v) is 4.17. The predicted octanol–water partition coefficient (Wildman–Crippen LogP) is 0.421. The molecule has 130 valence electrons. The van der Waals surface area contributed by atoms with Crippen molar-refractivity contribution >= 4 is 24.0 Å². The van der Waals surface area contributed by atoms with Gasteiger partial charge >= 0.3 is 0 Å². The molecule has 1 aliphatic heterocycles. The minimum Gasteiger partial charge on any atom is -0.386 e. The van der Waals surface area contributed by atoms with Crippen molar-refractivity contribution in [2.75, 3.05) is 7.05 Å². The Morgan fingerprint density at radius 3 is 2.67 bits per heavy atom. The Balaban J connectivity index is 2.22. The second kappa shape index (κ2) is 7.42. The van der Waals surface area contributed by atoms with Gasteiger partial charge < -0.3 is 10.2 Å². The zero-order valence-corrected chi connectivity index (χ0v) is 14.2. The number of hydrogen-bond donors (Lipinski definition) is 2. The van der Waals surface area contributed by atoms with E-state index in [1.165, 1.54) is 11.9 Å². The topological polar surface area (TPSA) is 95.6 Å². The Labute approximate surface area is 141 Å². The minimum absolute atomic E-state index is 0.150. The highest BCUT2D eigenvalue weighted by Crippen LogP contribution is 2.25. The second-order valence-corrected chi connectivity index (χ2v) is 6.35. The molecule has 1 aliphatic carbocycles. The van der Waals surface area contributed by atoms with Crippen molar-refractivity contribution in [3.63, 3.8) is 0 Å². The molecule has 0 radical (unpaired) electrons. The van der Waals surface area contributed by atoms with Crippen molar-refractivity contribution in [3.05, 3.63) is 22.9 Å². The van der Waals surface area contributed by atoms with Gasteiger partial charge in [-0.15, -0.1) is 0 Å². The molecule has 0 saturated carbocycles. The molecule has 0 bridgehead atoms. The van der Waals surface area contributed by atoms with Crippen LogP contribution in [0.4, 0.5) is 0 Å². The number of carbonyl (C=O) groups excluding carboxylic acids is 4. The molecule has 1 atom stereocenters. The smallest absolute Gasteiger partial charge is 0.254 e. The average molecular weight is 333 g/mol. The molecule has 1 fully saturated rings. The number of allylic oxidation sites excluding steroid dienone is 2. The Kier molecular flexibility index (Phi) is 5.54. The number of nitrogens with zero attached hydrogens (tertiary/aromatic N) is 1. The largest absolute Gasteiger partial charge is 0.386 e. The zero-order chi connectivity index (χ0) is 17.9. The number of imide groups is 1. The van der Waals surface area contributed by atoms with Gasteiger partial charge in [0.25, 0.3) is 5.91 Å². The van der Waals surface area contributed by atoms with E-state index in [1.54, 1.807) is 6.08 Å². The lowest BCUT2D eigenvalue weighted by Crippen LogP contribution is -2.53. The molecule has 2 rings (SSSR count). The van der Waals surface area contributed by atoms with E-state index in [0.29, 0.717) is 30.3 Å². The first-order valence-electron chi connectivity index (χ1n) is 8.11. The Morgan fingerprint density at radius 1 is 1.38 bits per heavy atom. The van der Waals surface area contributed by atoms with Crippen LogP contribution < -0.4 is 10.6 Å². The second-order valence-electron chi connectivity index (χ2n) is 6.35. The van der Waals surface area contributed by atoms with Crippen molar-refractivity contribution in [3.8, 4) is 0 Å². The summed E-state index contributed by atoms with van der Waals surface area (Å²) in [4.78, 5) is 48.9. The summed E-state index contributed by atoms with van der Waals surface area (Å²) in [6.45, 7) is 3.93. The van der Waals surface area contributed by atoms with E-state index in [-0.39, 0.29) is 30.7 Å². The highest BCUT2D eigenvalue weighted by atomic mass is 16.2. The molecule has 0 aromatic heterocycles. The number of carbonyl (C=O) groups is 4. The molecule has 7 heteroatoms. The van der Waals surface area contributed by atoms with Crippen LogP contribution in [-0.4, -0.2) is 48.0 Å². The van der Waals surface area contributed by atoms with E-state index in [2.05, 4.69) is 10.6 Å². The summed E-state index contributed by atoms with van der Waals surface area (Å²) in [5, 5.41) is 5.46. The van der Waals surface area contributed by atoms with E-state index in [1.807, 2.05) is 13.8 Å². The van der Waals surface area contributed by atoms with Crippen LogP contribution in [0.1, 0.15) is 39.5 Å². The maximum atomic E-state index is 12.8. The number of aldehydes is 1. The number of rotatable bonds is 5. The van der Waals surface area contributed by atoms with E-state index >= 15 is 0 Å². The van der Waals surface area contributed by atoms with E-state index < -0.39 is 11.9 Å². The summed E-state index contributed by atoms with van der Waals surface area (Å²) in [5.41, 5.74) is 1.41. The fraction of sp³-hybridized carbons (Fsp3) is 0.529. The fourth-order valence-corrected chi connectivity index (χ4v) is 2.99. The third kappa shape index (κ3) is 3.72. The number of piperidine rings is 1. The molecule has 2 N–H and O–H groups in total. The fourth-order valence-electron chi connectivity index (χ4n) is 2.99. The third-order valence-electron chi connectivity index (χ3n) is 4.17. The summed E-state index contributed by atoms with van der Waals surface area (Å²) in [6.07, 6.45) is 4.23. The van der Waals surface area contributed by atoms with Gasteiger partial charge in [-0.25, -0.2) is 0 Å².